The standard InChI is InChI=1S/C12H14O/c1-9(2)7-10-3-4-11-8-13-6-5-12(10)11/h3-6,8-9H,7H2,1-2H3. The Morgan fingerprint density at radius 1 is 1.23 bits per heavy atom. The molecule has 0 unspecified atom stereocenters. The molecule has 0 bridgehead atoms. The van der Waals surface area contributed by atoms with Gasteiger partial charge in [-0.3, -0.25) is 0 Å². The van der Waals surface area contributed by atoms with E-state index >= 15 is 0 Å². The maximum Gasteiger partial charge on any atom is 0.0979 e. The molecule has 0 saturated carbocycles. The molecule has 0 fully saturated rings. The summed E-state index contributed by atoms with van der Waals surface area (Å²) in [6.45, 7) is 4.48. The Morgan fingerprint density at radius 3 is 2.85 bits per heavy atom. The molecule has 13 heavy (non-hydrogen) atoms. The highest BCUT2D eigenvalue weighted by Crippen LogP contribution is 2.28. The fourth-order valence-electron chi connectivity index (χ4n) is 1.70. The Bertz CT molecular complexity index is 359. The topological polar surface area (TPSA) is 13.1 Å². The van der Waals surface area contributed by atoms with Crippen molar-refractivity contribution < 1.29 is 4.42 Å². The Balaban J connectivity index is 2.38. The van der Waals surface area contributed by atoms with Crippen molar-refractivity contribution >= 4 is 0 Å². The molecule has 68 valence electrons. The first kappa shape index (κ1) is 8.36. The van der Waals surface area contributed by atoms with Crippen molar-refractivity contribution in [1.29, 1.82) is 0 Å². The highest BCUT2D eigenvalue weighted by molar-refractivity contribution is 5.69. The van der Waals surface area contributed by atoms with Gasteiger partial charge in [0, 0.05) is 5.56 Å². The van der Waals surface area contributed by atoms with Crippen LogP contribution in [-0.4, -0.2) is 0 Å². The van der Waals surface area contributed by atoms with Crippen LogP contribution in [0.5, 0.6) is 0 Å². The quantitative estimate of drug-likeness (QED) is 0.678. The molecule has 0 saturated heterocycles. The van der Waals surface area contributed by atoms with Crippen LogP contribution in [0, 0.1) is 5.92 Å². The van der Waals surface area contributed by atoms with Gasteiger partial charge in [-0.05, 0) is 29.5 Å². The molecule has 0 aromatic heterocycles. The van der Waals surface area contributed by atoms with E-state index in [0.717, 1.165) is 6.42 Å². The lowest BCUT2D eigenvalue weighted by Gasteiger charge is -2.05. The Morgan fingerprint density at radius 2 is 2.08 bits per heavy atom. The zero-order valence-electron chi connectivity index (χ0n) is 8.08. The molecule has 0 spiro atoms. The summed E-state index contributed by atoms with van der Waals surface area (Å²) >= 11 is 0. The maximum atomic E-state index is 5.11. The van der Waals surface area contributed by atoms with Gasteiger partial charge in [-0.1, -0.05) is 26.0 Å². The second-order valence-corrected chi connectivity index (χ2v) is 3.88. The van der Waals surface area contributed by atoms with Crippen LogP contribution in [0.3, 0.4) is 0 Å². The summed E-state index contributed by atoms with van der Waals surface area (Å²) in [5.74, 6) is 0.711. The van der Waals surface area contributed by atoms with E-state index in [4.69, 9.17) is 4.42 Å². The van der Waals surface area contributed by atoms with Crippen LogP contribution >= 0.6 is 0 Å². The van der Waals surface area contributed by atoms with Crippen molar-refractivity contribution in [1.82, 2.24) is 0 Å². The van der Waals surface area contributed by atoms with Gasteiger partial charge in [0.15, 0.2) is 0 Å². The summed E-state index contributed by atoms with van der Waals surface area (Å²) in [5.41, 5.74) is 3.97. The third-order valence-corrected chi connectivity index (χ3v) is 2.26. The monoisotopic (exact) mass is 174 g/mol. The minimum absolute atomic E-state index is 0.711. The molecule has 0 atom stereocenters. The molecule has 1 nitrogen and oxygen atoms in total. The van der Waals surface area contributed by atoms with Crippen molar-refractivity contribution in [2.75, 3.05) is 0 Å². The van der Waals surface area contributed by atoms with E-state index in [0.29, 0.717) is 5.92 Å². The highest BCUT2D eigenvalue weighted by Gasteiger charge is 2.09. The highest BCUT2D eigenvalue weighted by atomic mass is 16.3. The third-order valence-electron chi connectivity index (χ3n) is 2.26. The van der Waals surface area contributed by atoms with Gasteiger partial charge in [0.1, 0.15) is 0 Å². The van der Waals surface area contributed by atoms with Crippen LogP contribution in [0.4, 0.5) is 0 Å². The first-order valence-electron chi connectivity index (χ1n) is 4.71. The van der Waals surface area contributed by atoms with Gasteiger partial charge in [-0.15, -0.1) is 0 Å². The predicted octanol–water partition coefficient (Wildman–Crippen LogP) is 3.58. The van der Waals surface area contributed by atoms with Crippen molar-refractivity contribution in [3.05, 3.63) is 36.3 Å². The summed E-state index contributed by atoms with van der Waals surface area (Å²) in [6.07, 6.45) is 4.69. The Hall–Kier alpha value is -1.24. The van der Waals surface area contributed by atoms with Gasteiger partial charge in [0.2, 0.25) is 0 Å². The second kappa shape index (κ2) is 3.25. The summed E-state index contributed by atoms with van der Waals surface area (Å²) in [5, 5.41) is 0. The number of fused-ring (bicyclic) bond motifs is 1. The third kappa shape index (κ3) is 1.59. The average molecular weight is 174 g/mol. The van der Waals surface area contributed by atoms with E-state index < -0.39 is 0 Å². The first-order valence-corrected chi connectivity index (χ1v) is 4.71. The molecule has 2 aliphatic rings. The zero-order chi connectivity index (χ0) is 9.26. The molecule has 1 heterocycles. The lowest BCUT2D eigenvalue weighted by atomic mass is 10.0. The molecule has 1 aliphatic carbocycles. The van der Waals surface area contributed by atoms with Gasteiger partial charge in [-0.2, -0.15) is 0 Å². The van der Waals surface area contributed by atoms with E-state index in [2.05, 4.69) is 26.0 Å². The predicted molar refractivity (Wildman–Crippen MR) is 53.9 cm³/mol. The molecular formula is C12H14O. The van der Waals surface area contributed by atoms with E-state index in [9.17, 15) is 0 Å². The van der Waals surface area contributed by atoms with E-state index in [1.165, 1.54) is 16.7 Å². The van der Waals surface area contributed by atoms with Crippen LogP contribution in [0.25, 0.3) is 11.1 Å². The number of hydrogen-bond donors (Lipinski definition) is 0. The average Bonchev–Trinajstić information content (AvgIpc) is 2.48. The minimum Gasteiger partial charge on any atom is -0.472 e. The van der Waals surface area contributed by atoms with Crippen LogP contribution in [0.15, 0.2) is 35.1 Å². The molecule has 1 aliphatic heterocycles. The first-order chi connectivity index (χ1) is 6.27. The van der Waals surface area contributed by atoms with Gasteiger partial charge in [0.25, 0.3) is 0 Å². The largest absolute Gasteiger partial charge is 0.472 e. The number of hydrogen-bond acceptors (Lipinski definition) is 1. The summed E-state index contributed by atoms with van der Waals surface area (Å²) in [6, 6.07) is 6.36. The minimum atomic E-state index is 0.711. The van der Waals surface area contributed by atoms with Crippen LogP contribution in [0.1, 0.15) is 19.4 Å². The summed E-state index contributed by atoms with van der Waals surface area (Å²) in [7, 11) is 0. The maximum absolute atomic E-state index is 5.11. The van der Waals surface area contributed by atoms with Gasteiger partial charge < -0.3 is 4.42 Å². The molecular weight excluding hydrogens is 160 g/mol. The fourth-order valence-corrected chi connectivity index (χ4v) is 1.70. The molecule has 0 amide bonds. The van der Waals surface area contributed by atoms with Crippen LogP contribution < -0.4 is 0 Å². The van der Waals surface area contributed by atoms with Crippen molar-refractivity contribution in [3.63, 3.8) is 0 Å². The lowest BCUT2D eigenvalue weighted by Crippen LogP contribution is -1.93. The molecule has 0 N–H and O–H groups in total. The summed E-state index contributed by atoms with van der Waals surface area (Å²) < 4.78 is 5.11. The van der Waals surface area contributed by atoms with Crippen molar-refractivity contribution in [2.24, 2.45) is 5.92 Å². The number of rotatable bonds is 2. The zero-order valence-corrected chi connectivity index (χ0v) is 8.08. The smallest absolute Gasteiger partial charge is 0.0979 e. The van der Waals surface area contributed by atoms with Crippen molar-refractivity contribution in [3.8, 4) is 11.1 Å². The van der Waals surface area contributed by atoms with Crippen LogP contribution in [0.2, 0.25) is 0 Å². The molecule has 1 heteroatoms. The second-order valence-electron chi connectivity index (χ2n) is 3.88. The molecule has 2 rings (SSSR count). The van der Waals surface area contributed by atoms with Crippen LogP contribution in [-0.2, 0) is 6.42 Å². The van der Waals surface area contributed by atoms with E-state index in [-0.39, 0.29) is 0 Å². The normalized spacial score (nSPS) is 11.3. The van der Waals surface area contributed by atoms with Gasteiger partial charge in [-0.25, -0.2) is 0 Å². The summed E-state index contributed by atoms with van der Waals surface area (Å²) in [4.78, 5) is 0. The van der Waals surface area contributed by atoms with Crippen molar-refractivity contribution in [2.45, 2.75) is 20.3 Å². The Labute approximate surface area is 78.7 Å². The molecule has 0 aromatic carbocycles. The lowest BCUT2D eigenvalue weighted by molar-refractivity contribution is 0.551. The Kier molecular flexibility index (Phi) is 2.09. The van der Waals surface area contributed by atoms with E-state index in [1.807, 2.05) is 6.07 Å². The van der Waals surface area contributed by atoms with Gasteiger partial charge >= 0.3 is 0 Å². The van der Waals surface area contributed by atoms with E-state index in [1.54, 1.807) is 12.5 Å². The molecule has 0 aromatic rings. The fraction of sp³-hybridized carbons (Fsp3) is 0.333. The molecule has 0 radical (unpaired) electrons. The SMILES string of the molecule is CC(C)Cc1ccc2coccc1-2. The van der Waals surface area contributed by atoms with Gasteiger partial charge in [0.05, 0.1) is 12.5 Å².